The number of aliphatic hydroxyl groups is 1. The molecule has 0 spiro atoms. The van der Waals surface area contributed by atoms with E-state index in [1.807, 2.05) is 12.3 Å². The van der Waals surface area contributed by atoms with Crippen LogP contribution in [0, 0.1) is 11.3 Å². The molecule has 4 rings (SSSR count). The molecule has 6 nitrogen and oxygen atoms in total. The van der Waals surface area contributed by atoms with Crippen molar-refractivity contribution in [2.24, 2.45) is 11.3 Å². The van der Waals surface area contributed by atoms with Crippen molar-refractivity contribution in [3.63, 3.8) is 0 Å². The maximum atomic E-state index is 9.94. The lowest BCUT2D eigenvalue weighted by atomic mass is 9.76. The number of nitrogens with zero attached hydrogens (tertiary/aromatic N) is 5. The lowest BCUT2D eigenvalue weighted by Crippen LogP contribution is -2.45. The molecule has 1 saturated carbocycles. The molecule has 0 aromatic carbocycles. The van der Waals surface area contributed by atoms with Gasteiger partial charge in [-0.2, -0.15) is 4.98 Å². The van der Waals surface area contributed by atoms with Gasteiger partial charge in [0.15, 0.2) is 5.82 Å². The van der Waals surface area contributed by atoms with E-state index in [-0.39, 0.29) is 5.41 Å². The van der Waals surface area contributed by atoms with E-state index in [0.717, 1.165) is 44.2 Å². The molecular formula is C16H23N5O. The zero-order valence-corrected chi connectivity index (χ0v) is 12.9. The van der Waals surface area contributed by atoms with Gasteiger partial charge in [-0.3, -0.25) is 4.90 Å². The zero-order valence-electron chi connectivity index (χ0n) is 12.9. The number of rotatable bonds is 5. The molecular weight excluding hydrogens is 278 g/mol. The van der Waals surface area contributed by atoms with Crippen molar-refractivity contribution in [2.45, 2.75) is 38.6 Å². The van der Waals surface area contributed by atoms with Crippen molar-refractivity contribution >= 4 is 5.78 Å². The topological polar surface area (TPSA) is 66.5 Å². The molecule has 1 aliphatic heterocycles. The molecule has 6 heteroatoms. The van der Waals surface area contributed by atoms with Crippen LogP contribution in [0.3, 0.4) is 0 Å². The van der Waals surface area contributed by atoms with Crippen LogP contribution in [0.4, 0.5) is 0 Å². The van der Waals surface area contributed by atoms with Crippen LogP contribution in [0.15, 0.2) is 18.5 Å². The second-order valence-corrected chi connectivity index (χ2v) is 7.01. The quantitative estimate of drug-likeness (QED) is 0.906. The van der Waals surface area contributed by atoms with E-state index in [9.17, 15) is 5.11 Å². The standard InChI is InChI=1S/C16H23N5O/c22-12-16(9-13-3-4-13)5-1-7-20(11-16)10-14-18-15-17-6-2-8-21(15)19-14/h2,6,8,13,22H,1,3-5,7,9-12H2. The molecule has 118 valence electrons. The Bertz CT molecular complexity index is 620. The Morgan fingerprint density at radius 1 is 1.36 bits per heavy atom. The van der Waals surface area contributed by atoms with Crippen molar-refractivity contribution < 1.29 is 5.11 Å². The highest BCUT2D eigenvalue weighted by Crippen LogP contribution is 2.44. The van der Waals surface area contributed by atoms with Gasteiger partial charge in [-0.1, -0.05) is 12.8 Å². The third-order valence-corrected chi connectivity index (χ3v) is 5.02. The molecule has 1 atom stereocenters. The van der Waals surface area contributed by atoms with Gasteiger partial charge in [0.1, 0.15) is 0 Å². The molecule has 1 N–H and O–H groups in total. The average molecular weight is 301 g/mol. The number of fused-ring (bicyclic) bond motifs is 1. The van der Waals surface area contributed by atoms with Gasteiger partial charge < -0.3 is 5.11 Å². The summed E-state index contributed by atoms with van der Waals surface area (Å²) in [5.74, 6) is 2.32. The third-order valence-electron chi connectivity index (χ3n) is 5.02. The van der Waals surface area contributed by atoms with E-state index < -0.39 is 0 Å². The minimum Gasteiger partial charge on any atom is -0.396 e. The van der Waals surface area contributed by atoms with E-state index in [1.54, 1.807) is 10.7 Å². The summed E-state index contributed by atoms with van der Waals surface area (Å²) in [6.07, 6.45) is 9.79. The van der Waals surface area contributed by atoms with E-state index in [1.165, 1.54) is 19.3 Å². The number of piperidine rings is 1. The number of hydrogen-bond acceptors (Lipinski definition) is 5. The SMILES string of the molecule is OCC1(CC2CC2)CCCN(Cc2nc3ncccn3n2)C1. The Labute approximate surface area is 130 Å². The molecule has 1 saturated heterocycles. The maximum absolute atomic E-state index is 9.94. The van der Waals surface area contributed by atoms with E-state index in [2.05, 4.69) is 20.0 Å². The monoisotopic (exact) mass is 301 g/mol. The van der Waals surface area contributed by atoms with Crippen LogP contribution >= 0.6 is 0 Å². The first-order valence-corrected chi connectivity index (χ1v) is 8.26. The highest BCUT2D eigenvalue weighted by molar-refractivity contribution is 5.24. The van der Waals surface area contributed by atoms with Gasteiger partial charge in [0.2, 0.25) is 0 Å². The summed E-state index contributed by atoms with van der Waals surface area (Å²) in [6.45, 7) is 3.08. The van der Waals surface area contributed by atoms with Crippen LogP contribution in [-0.4, -0.2) is 49.3 Å². The summed E-state index contributed by atoms with van der Waals surface area (Å²) in [4.78, 5) is 11.1. The summed E-state index contributed by atoms with van der Waals surface area (Å²) in [5, 5.41) is 14.4. The molecule has 3 heterocycles. The minimum atomic E-state index is 0.0941. The van der Waals surface area contributed by atoms with Crippen LogP contribution in [0.1, 0.15) is 37.9 Å². The molecule has 22 heavy (non-hydrogen) atoms. The fraction of sp³-hybridized carbons (Fsp3) is 0.688. The summed E-state index contributed by atoms with van der Waals surface area (Å²) < 4.78 is 1.72. The Hall–Kier alpha value is -1.53. The highest BCUT2D eigenvalue weighted by Gasteiger charge is 2.39. The van der Waals surface area contributed by atoms with Crippen molar-refractivity contribution in [1.82, 2.24) is 24.5 Å². The summed E-state index contributed by atoms with van der Waals surface area (Å²) in [5.41, 5.74) is 0.0941. The predicted molar refractivity (Wildman–Crippen MR) is 82.2 cm³/mol. The van der Waals surface area contributed by atoms with Crippen LogP contribution in [0.5, 0.6) is 0 Å². The third kappa shape index (κ3) is 2.85. The Balaban J connectivity index is 1.47. The first-order valence-electron chi connectivity index (χ1n) is 8.26. The maximum Gasteiger partial charge on any atom is 0.252 e. The smallest absolute Gasteiger partial charge is 0.252 e. The lowest BCUT2D eigenvalue weighted by molar-refractivity contribution is 0.0171. The van der Waals surface area contributed by atoms with Crippen molar-refractivity contribution in [3.05, 3.63) is 24.3 Å². The van der Waals surface area contributed by atoms with Gasteiger partial charge >= 0.3 is 0 Å². The van der Waals surface area contributed by atoms with E-state index in [0.29, 0.717) is 12.4 Å². The molecule has 2 aliphatic rings. The Kier molecular flexibility index (Phi) is 3.58. The molecule has 2 fully saturated rings. The van der Waals surface area contributed by atoms with Crippen LogP contribution in [-0.2, 0) is 6.54 Å². The van der Waals surface area contributed by atoms with Crippen molar-refractivity contribution in [2.75, 3.05) is 19.7 Å². The van der Waals surface area contributed by atoms with Gasteiger partial charge in [-0.25, -0.2) is 9.50 Å². The van der Waals surface area contributed by atoms with E-state index in [4.69, 9.17) is 0 Å². The second-order valence-electron chi connectivity index (χ2n) is 7.01. The number of likely N-dealkylation sites (tertiary alicyclic amines) is 1. The van der Waals surface area contributed by atoms with Crippen molar-refractivity contribution in [1.29, 1.82) is 0 Å². The van der Waals surface area contributed by atoms with E-state index >= 15 is 0 Å². The molecule has 1 aliphatic carbocycles. The molecule has 2 aromatic rings. The second kappa shape index (κ2) is 5.59. The minimum absolute atomic E-state index is 0.0941. The molecule has 0 bridgehead atoms. The number of aliphatic hydroxyl groups excluding tert-OH is 1. The van der Waals surface area contributed by atoms with Gasteiger partial charge in [-0.05, 0) is 37.8 Å². The van der Waals surface area contributed by atoms with Gasteiger partial charge in [0, 0.05) is 31.0 Å². The summed E-state index contributed by atoms with van der Waals surface area (Å²) in [6, 6.07) is 1.86. The van der Waals surface area contributed by atoms with Gasteiger partial charge in [-0.15, -0.1) is 5.10 Å². The van der Waals surface area contributed by atoms with Crippen LogP contribution in [0.2, 0.25) is 0 Å². The van der Waals surface area contributed by atoms with Gasteiger partial charge in [0.25, 0.3) is 5.78 Å². The van der Waals surface area contributed by atoms with Crippen LogP contribution < -0.4 is 0 Å². The Morgan fingerprint density at radius 2 is 2.27 bits per heavy atom. The normalized spacial score (nSPS) is 26.6. The summed E-state index contributed by atoms with van der Waals surface area (Å²) in [7, 11) is 0. The highest BCUT2D eigenvalue weighted by atomic mass is 16.3. The molecule has 1 unspecified atom stereocenters. The zero-order chi connectivity index (χ0) is 15.0. The first kappa shape index (κ1) is 14.1. The van der Waals surface area contributed by atoms with Crippen LogP contribution in [0.25, 0.3) is 5.78 Å². The van der Waals surface area contributed by atoms with Crippen molar-refractivity contribution in [3.8, 4) is 0 Å². The van der Waals surface area contributed by atoms with Gasteiger partial charge in [0.05, 0.1) is 6.54 Å². The largest absolute Gasteiger partial charge is 0.396 e. The number of hydrogen-bond donors (Lipinski definition) is 1. The first-order chi connectivity index (χ1) is 10.8. The average Bonchev–Trinajstić information content (AvgIpc) is 3.24. The molecule has 0 amide bonds. The molecule has 2 aromatic heterocycles. The molecule has 0 radical (unpaired) electrons. The predicted octanol–water partition coefficient (Wildman–Crippen LogP) is 1.50. The Morgan fingerprint density at radius 3 is 3.05 bits per heavy atom. The fourth-order valence-electron chi connectivity index (χ4n) is 3.78. The number of aromatic nitrogens is 4. The summed E-state index contributed by atoms with van der Waals surface area (Å²) >= 11 is 0. The fourth-order valence-corrected chi connectivity index (χ4v) is 3.78. The lowest BCUT2D eigenvalue weighted by Gasteiger charge is -2.41.